The van der Waals surface area contributed by atoms with Crippen LogP contribution >= 0.6 is 0 Å². The van der Waals surface area contributed by atoms with Gasteiger partial charge in [0.15, 0.2) is 5.78 Å². The highest BCUT2D eigenvalue weighted by Gasteiger charge is 2.36. The van der Waals surface area contributed by atoms with Crippen molar-refractivity contribution in [2.75, 3.05) is 0 Å². The van der Waals surface area contributed by atoms with E-state index < -0.39 is 29.4 Å². The molecule has 2 unspecified atom stereocenters. The predicted molar refractivity (Wildman–Crippen MR) is 59.3 cm³/mol. The van der Waals surface area contributed by atoms with Gasteiger partial charge in [-0.3, -0.25) is 4.79 Å². The smallest absolute Gasteiger partial charge is 0.367 e. The van der Waals surface area contributed by atoms with Crippen LogP contribution in [0.2, 0.25) is 0 Å². The molecule has 0 saturated carbocycles. The van der Waals surface area contributed by atoms with E-state index in [-0.39, 0.29) is 11.7 Å². The fourth-order valence-corrected chi connectivity index (χ4v) is 2.08. The molecule has 2 rings (SSSR count). The Morgan fingerprint density at radius 3 is 2.53 bits per heavy atom. The molecule has 2 atom stereocenters. The van der Waals surface area contributed by atoms with Crippen LogP contribution in [0.4, 0.5) is 17.6 Å². The molecule has 0 bridgehead atoms. The van der Waals surface area contributed by atoms with Crippen molar-refractivity contribution < 1.29 is 27.1 Å². The van der Waals surface area contributed by atoms with Gasteiger partial charge >= 0.3 is 6.18 Å². The lowest BCUT2D eigenvalue weighted by atomic mass is 10.0. The molecule has 19 heavy (non-hydrogen) atoms. The minimum atomic E-state index is -4.82. The van der Waals surface area contributed by atoms with Gasteiger partial charge in [-0.25, -0.2) is 4.39 Å². The SMILES string of the molecule is CC1CCC(C(=O)c2ccc(F)c(C(F)(F)F)c2)O1. The Morgan fingerprint density at radius 1 is 1.32 bits per heavy atom. The van der Waals surface area contributed by atoms with Gasteiger partial charge in [0.2, 0.25) is 0 Å². The Hall–Kier alpha value is -1.43. The fraction of sp³-hybridized carbons (Fsp3) is 0.462. The van der Waals surface area contributed by atoms with E-state index in [9.17, 15) is 22.4 Å². The van der Waals surface area contributed by atoms with Crippen molar-refractivity contribution in [3.63, 3.8) is 0 Å². The second-order valence-electron chi connectivity index (χ2n) is 4.57. The highest BCUT2D eigenvalue weighted by Crippen LogP contribution is 2.32. The largest absolute Gasteiger partial charge is 0.419 e. The van der Waals surface area contributed by atoms with Crippen LogP contribution < -0.4 is 0 Å². The standard InChI is InChI=1S/C13H12F4O2/c1-7-2-5-11(19-7)12(18)8-3-4-10(14)9(6-8)13(15,16)17/h3-4,6-7,11H,2,5H2,1H3. The van der Waals surface area contributed by atoms with Gasteiger partial charge in [0.25, 0.3) is 0 Å². The van der Waals surface area contributed by atoms with E-state index in [1.165, 1.54) is 0 Å². The first-order valence-corrected chi connectivity index (χ1v) is 5.85. The molecule has 1 aromatic carbocycles. The number of hydrogen-bond donors (Lipinski definition) is 0. The molecule has 1 heterocycles. The van der Waals surface area contributed by atoms with Crippen molar-refractivity contribution in [1.29, 1.82) is 0 Å². The maximum absolute atomic E-state index is 13.1. The number of carbonyl (C=O) groups excluding carboxylic acids is 1. The summed E-state index contributed by atoms with van der Waals surface area (Å²) < 4.78 is 56.1. The number of carbonyl (C=O) groups is 1. The molecule has 0 spiro atoms. The summed E-state index contributed by atoms with van der Waals surface area (Å²) in [5.41, 5.74) is -1.60. The molecule has 0 amide bonds. The molecular formula is C13H12F4O2. The van der Waals surface area contributed by atoms with Crippen molar-refractivity contribution in [3.8, 4) is 0 Å². The molecule has 104 valence electrons. The van der Waals surface area contributed by atoms with Gasteiger partial charge < -0.3 is 4.74 Å². The van der Waals surface area contributed by atoms with E-state index in [0.29, 0.717) is 25.0 Å². The van der Waals surface area contributed by atoms with E-state index in [2.05, 4.69) is 0 Å². The summed E-state index contributed by atoms with van der Waals surface area (Å²) in [6.07, 6.45) is -4.48. The Morgan fingerprint density at radius 2 is 2.00 bits per heavy atom. The number of halogens is 4. The first-order chi connectivity index (χ1) is 8.79. The third-order valence-corrected chi connectivity index (χ3v) is 3.08. The monoisotopic (exact) mass is 276 g/mol. The number of ether oxygens (including phenoxy) is 1. The Balaban J connectivity index is 2.28. The quantitative estimate of drug-likeness (QED) is 0.609. The summed E-state index contributed by atoms with van der Waals surface area (Å²) in [4.78, 5) is 12.0. The summed E-state index contributed by atoms with van der Waals surface area (Å²) in [6.45, 7) is 1.79. The molecule has 1 aliphatic heterocycles. The first kappa shape index (κ1) is 14.0. The van der Waals surface area contributed by atoms with E-state index in [4.69, 9.17) is 4.74 Å². The van der Waals surface area contributed by atoms with Gasteiger partial charge in [-0.2, -0.15) is 13.2 Å². The summed E-state index contributed by atoms with van der Waals surface area (Å²) in [5.74, 6) is -1.92. The third kappa shape index (κ3) is 2.94. The van der Waals surface area contributed by atoms with Gasteiger partial charge in [-0.1, -0.05) is 0 Å². The fourth-order valence-electron chi connectivity index (χ4n) is 2.08. The molecule has 6 heteroatoms. The van der Waals surface area contributed by atoms with Crippen LogP contribution in [-0.2, 0) is 10.9 Å². The van der Waals surface area contributed by atoms with Crippen molar-refractivity contribution in [2.24, 2.45) is 0 Å². The second-order valence-corrected chi connectivity index (χ2v) is 4.57. The maximum Gasteiger partial charge on any atom is 0.419 e. The number of Topliss-reactive ketones (excluding diaryl/α,β-unsaturated/α-hetero) is 1. The van der Waals surface area contributed by atoms with Gasteiger partial charge in [-0.05, 0) is 38.0 Å². The number of ketones is 1. The van der Waals surface area contributed by atoms with Crippen LogP contribution in [-0.4, -0.2) is 18.0 Å². The van der Waals surface area contributed by atoms with Crippen molar-refractivity contribution in [3.05, 3.63) is 35.1 Å². The average Bonchev–Trinajstić information content (AvgIpc) is 2.74. The lowest BCUT2D eigenvalue weighted by Gasteiger charge is -2.12. The van der Waals surface area contributed by atoms with Crippen LogP contribution in [0.15, 0.2) is 18.2 Å². The van der Waals surface area contributed by atoms with Crippen molar-refractivity contribution in [1.82, 2.24) is 0 Å². The van der Waals surface area contributed by atoms with E-state index in [0.717, 1.165) is 6.07 Å². The van der Waals surface area contributed by atoms with E-state index in [1.807, 2.05) is 0 Å². The van der Waals surface area contributed by atoms with Crippen LogP contribution in [0.5, 0.6) is 0 Å². The zero-order valence-corrected chi connectivity index (χ0v) is 10.1. The molecule has 1 aromatic rings. The van der Waals surface area contributed by atoms with Crippen LogP contribution in [0, 0.1) is 5.82 Å². The van der Waals surface area contributed by atoms with Crippen LogP contribution in [0.3, 0.4) is 0 Å². The van der Waals surface area contributed by atoms with Gasteiger partial charge in [0, 0.05) is 5.56 Å². The summed E-state index contributed by atoms with van der Waals surface area (Å²) in [6, 6.07) is 2.26. The number of rotatable bonds is 2. The molecule has 0 radical (unpaired) electrons. The average molecular weight is 276 g/mol. The molecule has 1 fully saturated rings. The zero-order valence-electron chi connectivity index (χ0n) is 10.1. The predicted octanol–water partition coefficient (Wildman–Crippen LogP) is 3.59. The van der Waals surface area contributed by atoms with E-state index >= 15 is 0 Å². The molecular weight excluding hydrogens is 264 g/mol. The maximum atomic E-state index is 13.1. The summed E-state index contributed by atoms with van der Waals surface area (Å²) >= 11 is 0. The van der Waals surface area contributed by atoms with Crippen molar-refractivity contribution >= 4 is 5.78 Å². The van der Waals surface area contributed by atoms with Crippen LogP contribution in [0.25, 0.3) is 0 Å². The van der Waals surface area contributed by atoms with Gasteiger partial charge in [0.05, 0.1) is 11.7 Å². The Bertz CT molecular complexity index is 496. The Labute approximate surface area is 107 Å². The second kappa shape index (κ2) is 4.92. The molecule has 0 aliphatic carbocycles. The minimum Gasteiger partial charge on any atom is -0.367 e. The topological polar surface area (TPSA) is 26.3 Å². The molecule has 1 aliphatic rings. The Kier molecular flexibility index (Phi) is 3.62. The number of alkyl halides is 3. The lowest BCUT2D eigenvalue weighted by Crippen LogP contribution is -2.21. The first-order valence-electron chi connectivity index (χ1n) is 5.85. The van der Waals surface area contributed by atoms with Crippen molar-refractivity contribution in [2.45, 2.75) is 38.1 Å². The van der Waals surface area contributed by atoms with Gasteiger partial charge in [-0.15, -0.1) is 0 Å². The van der Waals surface area contributed by atoms with Crippen LogP contribution in [0.1, 0.15) is 35.7 Å². The molecule has 1 saturated heterocycles. The van der Waals surface area contributed by atoms with E-state index in [1.54, 1.807) is 6.92 Å². The number of benzene rings is 1. The zero-order chi connectivity index (χ0) is 14.2. The lowest BCUT2D eigenvalue weighted by molar-refractivity contribution is -0.140. The third-order valence-electron chi connectivity index (χ3n) is 3.08. The highest BCUT2D eigenvalue weighted by atomic mass is 19.4. The molecule has 0 aromatic heterocycles. The molecule has 0 N–H and O–H groups in total. The van der Waals surface area contributed by atoms with Gasteiger partial charge in [0.1, 0.15) is 11.9 Å². The highest BCUT2D eigenvalue weighted by molar-refractivity contribution is 5.99. The number of hydrogen-bond acceptors (Lipinski definition) is 2. The summed E-state index contributed by atoms with van der Waals surface area (Å²) in [5, 5.41) is 0. The molecule has 2 nitrogen and oxygen atoms in total. The normalized spacial score (nSPS) is 23.6. The minimum absolute atomic E-state index is 0.0866. The summed E-state index contributed by atoms with van der Waals surface area (Å²) in [7, 11) is 0.